The van der Waals surface area contributed by atoms with Crippen molar-refractivity contribution in [1.82, 2.24) is 4.98 Å². The van der Waals surface area contributed by atoms with Crippen molar-refractivity contribution in [3.63, 3.8) is 0 Å². The molecule has 0 saturated heterocycles. The van der Waals surface area contributed by atoms with Crippen LogP contribution < -0.4 is 4.90 Å². The number of nitrogens with zero attached hydrogens (tertiary/aromatic N) is 3. The number of aromatic nitrogens is 1. The highest BCUT2D eigenvalue weighted by Gasteiger charge is 2.55. The summed E-state index contributed by atoms with van der Waals surface area (Å²) in [5.41, 5.74) is 1.04. The third-order valence-electron chi connectivity index (χ3n) is 4.66. The zero-order valence-electron chi connectivity index (χ0n) is 12.8. The van der Waals surface area contributed by atoms with E-state index in [2.05, 4.69) is 4.98 Å². The van der Waals surface area contributed by atoms with Gasteiger partial charge in [-0.3, -0.25) is 19.8 Å². The number of rotatable bonds is 4. The van der Waals surface area contributed by atoms with Crippen molar-refractivity contribution < 1.29 is 9.72 Å². The van der Waals surface area contributed by atoms with E-state index in [1.807, 2.05) is 19.1 Å². The second-order valence-electron chi connectivity index (χ2n) is 6.39. The molecule has 2 fully saturated rings. The van der Waals surface area contributed by atoms with E-state index < -0.39 is 12.0 Å². The molecule has 0 N–H and O–H groups in total. The van der Waals surface area contributed by atoms with Gasteiger partial charge in [-0.2, -0.15) is 0 Å². The van der Waals surface area contributed by atoms with Crippen LogP contribution >= 0.6 is 0 Å². The number of hydrogen-bond donors (Lipinski definition) is 0. The highest BCUT2D eigenvalue weighted by atomic mass is 16.6. The van der Waals surface area contributed by atoms with Crippen molar-refractivity contribution in [3.05, 3.63) is 34.0 Å². The lowest BCUT2D eigenvalue weighted by Crippen LogP contribution is -2.43. The molecule has 1 amide bonds. The van der Waals surface area contributed by atoms with Crippen LogP contribution in [-0.2, 0) is 4.79 Å². The molecular weight excluding hydrogens is 282 g/mol. The van der Waals surface area contributed by atoms with Crippen LogP contribution in [0.15, 0.2) is 18.3 Å². The normalized spacial score (nSPS) is 24.8. The predicted molar refractivity (Wildman–Crippen MR) is 82.2 cm³/mol. The van der Waals surface area contributed by atoms with Crippen molar-refractivity contribution in [2.24, 2.45) is 5.92 Å². The van der Waals surface area contributed by atoms with Gasteiger partial charge in [0.05, 0.1) is 0 Å². The molecule has 22 heavy (non-hydrogen) atoms. The number of amides is 1. The van der Waals surface area contributed by atoms with Gasteiger partial charge in [-0.05, 0) is 31.4 Å². The van der Waals surface area contributed by atoms with Crippen LogP contribution in [0.1, 0.15) is 44.1 Å². The summed E-state index contributed by atoms with van der Waals surface area (Å²) >= 11 is 0. The SMILES string of the molecule is Cc1ccc(N(C(=O)C2CC2[N+](=O)[O-])C2CCCCC2)nc1. The fourth-order valence-electron chi connectivity index (χ4n) is 3.28. The Morgan fingerprint density at radius 1 is 1.32 bits per heavy atom. The van der Waals surface area contributed by atoms with Gasteiger partial charge in [-0.1, -0.05) is 25.3 Å². The van der Waals surface area contributed by atoms with E-state index in [0.29, 0.717) is 12.2 Å². The summed E-state index contributed by atoms with van der Waals surface area (Å²) in [5.74, 6) is 0.0430. The summed E-state index contributed by atoms with van der Waals surface area (Å²) in [5, 5.41) is 10.9. The van der Waals surface area contributed by atoms with Gasteiger partial charge >= 0.3 is 0 Å². The number of nitro groups is 1. The van der Waals surface area contributed by atoms with Gasteiger partial charge < -0.3 is 0 Å². The lowest BCUT2D eigenvalue weighted by atomic mass is 9.93. The number of aryl methyl sites for hydroxylation is 1. The summed E-state index contributed by atoms with van der Waals surface area (Å²) in [4.78, 5) is 29.5. The molecule has 1 aromatic rings. The first-order chi connectivity index (χ1) is 10.6. The molecule has 3 rings (SSSR count). The molecule has 0 bridgehead atoms. The zero-order valence-corrected chi connectivity index (χ0v) is 12.8. The van der Waals surface area contributed by atoms with E-state index in [4.69, 9.17) is 0 Å². The van der Waals surface area contributed by atoms with Crippen molar-refractivity contribution in [1.29, 1.82) is 0 Å². The van der Waals surface area contributed by atoms with E-state index in [-0.39, 0.29) is 16.9 Å². The van der Waals surface area contributed by atoms with Crippen LogP contribution in [0.3, 0.4) is 0 Å². The smallest absolute Gasteiger partial charge is 0.238 e. The highest BCUT2D eigenvalue weighted by Crippen LogP contribution is 2.38. The molecule has 2 saturated carbocycles. The monoisotopic (exact) mass is 303 g/mol. The average molecular weight is 303 g/mol. The summed E-state index contributed by atoms with van der Waals surface area (Å²) in [6.45, 7) is 1.95. The lowest BCUT2D eigenvalue weighted by Gasteiger charge is -2.33. The lowest BCUT2D eigenvalue weighted by molar-refractivity contribution is -0.497. The van der Waals surface area contributed by atoms with E-state index in [1.54, 1.807) is 11.1 Å². The van der Waals surface area contributed by atoms with E-state index >= 15 is 0 Å². The Bertz CT molecular complexity index is 567. The molecule has 1 heterocycles. The Labute approximate surface area is 129 Å². The van der Waals surface area contributed by atoms with Gasteiger partial charge in [0.1, 0.15) is 11.7 Å². The predicted octanol–water partition coefficient (Wildman–Crippen LogP) is 2.72. The van der Waals surface area contributed by atoms with Crippen LogP contribution in [0.5, 0.6) is 0 Å². The minimum Gasteiger partial charge on any atom is -0.293 e. The van der Waals surface area contributed by atoms with Crippen LogP contribution in [-0.4, -0.2) is 27.9 Å². The molecule has 0 radical (unpaired) electrons. The van der Waals surface area contributed by atoms with Crippen LogP contribution in [0.2, 0.25) is 0 Å². The number of hydrogen-bond acceptors (Lipinski definition) is 4. The van der Waals surface area contributed by atoms with Crippen molar-refractivity contribution in [2.75, 3.05) is 4.90 Å². The minimum absolute atomic E-state index is 0.120. The van der Waals surface area contributed by atoms with Crippen molar-refractivity contribution in [3.8, 4) is 0 Å². The summed E-state index contributed by atoms with van der Waals surface area (Å²) in [6.07, 6.45) is 7.42. The maximum absolute atomic E-state index is 12.8. The van der Waals surface area contributed by atoms with E-state index in [1.165, 1.54) is 6.42 Å². The third-order valence-corrected chi connectivity index (χ3v) is 4.66. The maximum atomic E-state index is 12.8. The van der Waals surface area contributed by atoms with E-state index in [9.17, 15) is 14.9 Å². The fraction of sp³-hybridized carbons (Fsp3) is 0.625. The van der Waals surface area contributed by atoms with Crippen molar-refractivity contribution >= 4 is 11.7 Å². The van der Waals surface area contributed by atoms with Crippen LogP contribution in [0, 0.1) is 23.0 Å². The second-order valence-corrected chi connectivity index (χ2v) is 6.39. The Balaban J connectivity index is 1.84. The first-order valence-electron chi connectivity index (χ1n) is 7.97. The van der Waals surface area contributed by atoms with Gasteiger partial charge in [0.2, 0.25) is 11.9 Å². The van der Waals surface area contributed by atoms with Gasteiger partial charge in [0.25, 0.3) is 0 Å². The minimum atomic E-state index is -0.705. The summed E-state index contributed by atoms with van der Waals surface area (Å²) in [6, 6.07) is 3.21. The first-order valence-corrected chi connectivity index (χ1v) is 7.97. The highest BCUT2D eigenvalue weighted by molar-refractivity contribution is 5.96. The summed E-state index contributed by atoms with van der Waals surface area (Å²) < 4.78 is 0. The number of carbonyl (C=O) groups excluding carboxylic acids is 1. The molecule has 1 aromatic heterocycles. The molecular formula is C16H21N3O3. The first kappa shape index (κ1) is 14.9. The van der Waals surface area contributed by atoms with Crippen LogP contribution in [0.25, 0.3) is 0 Å². The molecule has 2 aliphatic carbocycles. The number of pyridine rings is 1. The molecule has 118 valence electrons. The molecule has 2 aliphatic rings. The van der Waals surface area contributed by atoms with E-state index in [0.717, 1.165) is 31.2 Å². The van der Waals surface area contributed by atoms with Gasteiger partial charge in [-0.25, -0.2) is 4.98 Å². The Kier molecular flexibility index (Phi) is 4.09. The van der Waals surface area contributed by atoms with Crippen LogP contribution in [0.4, 0.5) is 5.82 Å². The van der Waals surface area contributed by atoms with Crippen molar-refractivity contribution in [2.45, 2.75) is 57.5 Å². The standard InChI is InChI=1S/C16H21N3O3/c1-11-7-8-15(17-10-11)18(12-5-3-2-4-6-12)16(20)13-9-14(13)19(21)22/h7-8,10,12-14H,2-6,9H2,1H3. The Hall–Kier alpha value is -1.98. The average Bonchev–Trinajstić information content (AvgIpc) is 3.31. The molecule has 2 unspecified atom stereocenters. The molecule has 0 spiro atoms. The number of carbonyl (C=O) groups is 1. The topological polar surface area (TPSA) is 76.3 Å². The molecule has 6 heteroatoms. The Morgan fingerprint density at radius 2 is 2.05 bits per heavy atom. The molecule has 2 atom stereocenters. The van der Waals surface area contributed by atoms with Gasteiger partial charge in [0.15, 0.2) is 0 Å². The Morgan fingerprint density at radius 3 is 2.59 bits per heavy atom. The molecule has 0 aliphatic heterocycles. The van der Waals surface area contributed by atoms with Gasteiger partial charge in [0, 0.05) is 23.6 Å². The fourth-order valence-corrected chi connectivity index (χ4v) is 3.28. The van der Waals surface area contributed by atoms with Gasteiger partial charge in [-0.15, -0.1) is 0 Å². The third kappa shape index (κ3) is 2.96. The largest absolute Gasteiger partial charge is 0.293 e. The maximum Gasteiger partial charge on any atom is 0.238 e. The molecule has 6 nitrogen and oxygen atoms in total. The number of anilines is 1. The zero-order chi connectivity index (χ0) is 15.7. The summed E-state index contributed by atoms with van der Waals surface area (Å²) in [7, 11) is 0. The molecule has 0 aromatic carbocycles. The quantitative estimate of drug-likeness (QED) is 0.633. The second kappa shape index (κ2) is 6.02.